The molecule has 21 heavy (non-hydrogen) atoms. The van der Waals surface area contributed by atoms with Gasteiger partial charge in [-0.05, 0) is 37.2 Å². The van der Waals surface area contributed by atoms with Crippen molar-refractivity contribution in [1.82, 2.24) is 9.78 Å². The van der Waals surface area contributed by atoms with Crippen LogP contribution in [0.4, 0.5) is 0 Å². The van der Waals surface area contributed by atoms with Crippen LogP contribution < -0.4 is 5.73 Å². The Hall–Kier alpha value is -0.830. The van der Waals surface area contributed by atoms with Crippen molar-refractivity contribution in [3.8, 4) is 0 Å². The Morgan fingerprint density at radius 3 is 2.57 bits per heavy atom. The fraction of sp³-hybridized carbons (Fsp3) is 0.833. The van der Waals surface area contributed by atoms with Crippen LogP contribution in [-0.2, 0) is 6.42 Å². The topological polar surface area (TPSA) is 43.8 Å². The predicted octanol–water partition coefficient (Wildman–Crippen LogP) is 4.23. The van der Waals surface area contributed by atoms with Crippen molar-refractivity contribution < 1.29 is 0 Å². The van der Waals surface area contributed by atoms with E-state index >= 15 is 0 Å². The van der Waals surface area contributed by atoms with Gasteiger partial charge < -0.3 is 5.73 Å². The molecule has 0 spiro atoms. The van der Waals surface area contributed by atoms with Crippen molar-refractivity contribution in [3.63, 3.8) is 0 Å². The Balaban J connectivity index is 1.71. The summed E-state index contributed by atoms with van der Waals surface area (Å²) < 4.78 is 2.22. The highest BCUT2D eigenvalue weighted by Gasteiger charge is 2.43. The first kappa shape index (κ1) is 15.1. The van der Waals surface area contributed by atoms with E-state index in [2.05, 4.69) is 30.8 Å². The van der Waals surface area contributed by atoms with Crippen molar-refractivity contribution >= 4 is 0 Å². The molecule has 1 atom stereocenters. The highest BCUT2D eigenvalue weighted by Crippen LogP contribution is 2.43. The number of hydrogen-bond donors (Lipinski definition) is 1. The summed E-state index contributed by atoms with van der Waals surface area (Å²) in [4.78, 5) is 0. The standard InChI is InChI=1S/C18H31N3/c1-17(2)11-6-7-12-18(17,19)14-15-10-13-21(20-15)16-8-4-3-5-9-16/h10,13,16H,3-9,11-12,14,19H2,1-2H3. The molecule has 0 bridgehead atoms. The van der Waals surface area contributed by atoms with E-state index in [1.165, 1.54) is 57.1 Å². The van der Waals surface area contributed by atoms with Gasteiger partial charge >= 0.3 is 0 Å². The Bertz CT molecular complexity index is 471. The predicted molar refractivity (Wildman–Crippen MR) is 87.2 cm³/mol. The molecule has 0 amide bonds. The third-order valence-corrected chi connectivity index (χ3v) is 6.13. The largest absolute Gasteiger partial charge is 0.324 e. The van der Waals surface area contributed by atoms with Gasteiger partial charge in [-0.1, -0.05) is 46.0 Å². The highest BCUT2D eigenvalue weighted by molar-refractivity contribution is 5.11. The van der Waals surface area contributed by atoms with Gasteiger partial charge in [0, 0.05) is 18.2 Å². The van der Waals surface area contributed by atoms with Crippen molar-refractivity contribution in [2.75, 3.05) is 0 Å². The van der Waals surface area contributed by atoms with Gasteiger partial charge in [0.1, 0.15) is 0 Å². The molecule has 118 valence electrons. The molecule has 2 aliphatic rings. The first-order valence-electron chi connectivity index (χ1n) is 8.83. The van der Waals surface area contributed by atoms with Gasteiger partial charge in [0.05, 0.1) is 11.7 Å². The summed E-state index contributed by atoms with van der Waals surface area (Å²) >= 11 is 0. The summed E-state index contributed by atoms with van der Waals surface area (Å²) in [6.07, 6.45) is 14.8. The third kappa shape index (κ3) is 3.03. The molecule has 1 heterocycles. The van der Waals surface area contributed by atoms with Gasteiger partial charge in [-0.15, -0.1) is 0 Å². The monoisotopic (exact) mass is 289 g/mol. The van der Waals surface area contributed by atoms with E-state index in [0.717, 1.165) is 12.8 Å². The van der Waals surface area contributed by atoms with Crippen LogP contribution in [0.5, 0.6) is 0 Å². The Morgan fingerprint density at radius 1 is 1.14 bits per heavy atom. The average molecular weight is 289 g/mol. The fourth-order valence-corrected chi connectivity index (χ4v) is 4.27. The molecule has 1 unspecified atom stereocenters. The molecule has 3 heteroatoms. The van der Waals surface area contributed by atoms with Crippen molar-refractivity contribution in [2.24, 2.45) is 11.1 Å². The second-order valence-electron chi connectivity index (χ2n) is 8.00. The van der Waals surface area contributed by atoms with Crippen molar-refractivity contribution in [2.45, 2.75) is 89.6 Å². The summed E-state index contributed by atoms with van der Waals surface area (Å²) in [5.41, 5.74) is 8.14. The zero-order valence-electron chi connectivity index (χ0n) is 13.8. The fourth-order valence-electron chi connectivity index (χ4n) is 4.27. The Kier molecular flexibility index (Phi) is 4.13. The quantitative estimate of drug-likeness (QED) is 0.905. The maximum atomic E-state index is 6.81. The van der Waals surface area contributed by atoms with Crippen LogP contribution in [-0.4, -0.2) is 15.3 Å². The molecule has 0 aromatic carbocycles. The zero-order chi connectivity index (χ0) is 14.9. The smallest absolute Gasteiger partial charge is 0.0643 e. The molecule has 0 radical (unpaired) electrons. The van der Waals surface area contributed by atoms with Crippen LogP contribution in [0.1, 0.15) is 83.4 Å². The zero-order valence-corrected chi connectivity index (χ0v) is 13.8. The van der Waals surface area contributed by atoms with Gasteiger partial charge in [-0.25, -0.2) is 0 Å². The van der Waals surface area contributed by atoms with Gasteiger partial charge in [-0.3, -0.25) is 4.68 Å². The van der Waals surface area contributed by atoms with Crippen molar-refractivity contribution in [3.05, 3.63) is 18.0 Å². The molecule has 0 saturated heterocycles. The lowest BCUT2D eigenvalue weighted by Gasteiger charge is -2.47. The minimum atomic E-state index is -0.0863. The Labute approximate surface area is 129 Å². The van der Waals surface area contributed by atoms with Crippen LogP contribution >= 0.6 is 0 Å². The number of rotatable bonds is 3. The minimum absolute atomic E-state index is 0.0863. The summed E-state index contributed by atoms with van der Waals surface area (Å²) in [6.45, 7) is 4.68. The molecule has 1 aromatic heterocycles. The maximum absolute atomic E-state index is 6.81. The molecule has 1 aromatic rings. The second kappa shape index (κ2) is 5.75. The average Bonchev–Trinajstić information content (AvgIpc) is 2.92. The number of aromatic nitrogens is 2. The third-order valence-electron chi connectivity index (χ3n) is 6.13. The SMILES string of the molecule is CC1(C)CCCCC1(N)Cc1ccn(C2CCCCC2)n1. The molecule has 2 aliphatic carbocycles. The molecular weight excluding hydrogens is 258 g/mol. The summed E-state index contributed by atoms with van der Waals surface area (Å²) in [6, 6.07) is 2.83. The van der Waals surface area contributed by atoms with E-state index in [1.807, 2.05) is 0 Å². The van der Waals surface area contributed by atoms with Crippen molar-refractivity contribution in [1.29, 1.82) is 0 Å². The minimum Gasteiger partial charge on any atom is -0.324 e. The molecule has 0 aliphatic heterocycles. The molecule has 2 fully saturated rings. The molecule has 2 saturated carbocycles. The first-order chi connectivity index (χ1) is 10.0. The second-order valence-corrected chi connectivity index (χ2v) is 8.00. The van der Waals surface area contributed by atoms with E-state index in [1.54, 1.807) is 0 Å². The lowest BCUT2D eigenvalue weighted by Crippen LogP contribution is -2.56. The van der Waals surface area contributed by atoms with Crippen LogP contribution in [0.2, 0.25) is 0 Å². The number of nitrogens with two attached hydrogens (primary N) is 1. The summed E-state index contributed by atoms with van der Waals surface area (Å²) in [5, 5.41) is 4.88. The Morgan fingerprint density at radius 2 is 1.86 bits per heavy atom. The lowest BCUT2D eigenvalue weighted by molar-refractivity contribution is 0.0978. The summed E-state index contributed by atoms with van der Waals surface area (Å²) in [7, 11) is 0. The highest BCUT2D eigenvalue weighted by atomic mass is 15.3. The molecule has 3 nitrogen and oxygen atoms in total. The van der Waals surface area contributed by atoms with Gasteiger partial charge in [0.2, 0.25) is 0 Å². The number of hydrogen-bond acceptors (Lipinski definition) is 2. The maximum Gasteiger partial charge on any atom is 0.0643 e. The van der Waals surface area contributed by atoms with Crippen LogP contribution in [0.15, 0.2) is 12.3 Å². The van der Waals surface area contributed by atoms with Crippen LogP contribution in [0.3, 0.4) is 0 Å². The van der Waals surface area contributed by atoms with E-state index in [0.29, 0.717) is 6.04 Å². The van der Waals surface area contributed by atoms with Crippen LogP contribution in [0.25, 0.3) is 0 Å². The van der Waals surface area contributed by atoms with Gasteiger partial charge in [0.15, 0.2) is 0 Å². The van der Waals surface area contributed by atoms with E-state index < -0.39 is 0 Å². The molecule has 3 rings (SSSR count). The van der Waals surface area contributed by atoms with E-state index in [4.69, 9.17) is 10.8 Å². The summed E-state index contributed by atoms with van der Waals surface area (Å²) in [5.74, 6) is 0. The normalized spacial score (nSPS) is 30.4. The lowest BCUT2D eigenvalue weighted by atomic mass is 9.62. The van der Waals surface area contributed by atoms with E-state index in [-0.39, 0.29) is 11.0 Å². The number of nitrogens with zero attached hydrogens (tertiary/aromatic N) is 2. The molecular formula is C18H31N3. The van der Waals surface area contributed by atoms with Gasteiger partial charge in [0.25, 0.3) is 0 Å². The first-order valence-corrected chi connectivity index (χ1v) is 8.83. The van der Waals surface area contributed by atoms with Gasteiger partial charge in [-0.2, -0.15) is 5.10 Å². The van der Waals surface area contributed by atoms with Crippen LogP contribution in [0, 0.1) is 5.41 Å². The molecule has 2 N–H and O–H groups in total. The van der Waals surface area contributed by atoms with E-state index in [9.17, 15) is 0 Å².